The van der Waals surface area contributed by atoms with Gasteiger partial charge in [-0.05, 0) is 24.4 Å². The van der Waals surface area contributed by atoms with Crippen molar-refractivity contribution in [1.29, 1.82) is 0 Å². The Labute approximate surface area is 223 Å². The number of hydrogen-bond acceptors (Lipinski definition) is 12. The molecule has 0 radical (unpaired) electrons. The van der Waals surface area contributed by atoms with Gasteiger partial charge in [-0.25, -0.2) is 20.6 Å². The molecular formula is C16H22N8O8S4. The molecule has 2 heterocycles. The second kappa shape index (κ2) is 13.9. The summed E-state index contributed by atoms with van der Waals surface area (Å²) in [5, 5.41) is 49.0. The van der Waals surface area contributed by atoms with Gasteiger partial charge in [0.15, 0.2) is 22.6 Å². The summed E-state index contributed by atoms with van der Waals surface area (Å²) in [5.74, 6) is -0.546. The van der Waals surface area contributed by atoms with Crippen molar-refractivity contribution >= 4 is 56.2 Å². The van der Waals surface area contributed by atoms with Crippen LogP contribution in [0.1, 0.15) is 0 Å². The van der Waals surface area contributed by atoms with Crippen LogP contribution in [0, 0.1) is 20.8 Å². The molecule has 0 aliphatic rings. The first-order valence-electron chi connectivity index (χ1n) is 9.52. The van der Waals surface area contributed by atoms with E-state index in [1.165, 1.54) is 0 Å². The Morgan fingerprint density at radius 3 is 1.47 bits per heavy atom. The number of rotatable bonds is 11. The summed E-state index contributed by atoms with van der Waals surface area (Å²) < 4.78 is 11.2. The molecule has 0 saturated heterocycles. The van der Waals surface area contributed by atoms with Crippen molar-refractivity contribution in [3.05, 3.63) is 45.4 Å². The Morgan fingerprint density at radius 1 is 0.778 bits per heavy atom. The minimum Gasteiger partial charge on any atom is -0.614 e. The number of hydrogen-bond donors (Lipinski definition) is 2. The smallest absolute Gasteiger partial charge is 0.518 e. The lowest BCUT2D eigenvalue weighted by molar-refractivity contribution is -0.812. The van der Waals surface area contributed by atoms with E-state index in [0.717, 1.165) is 24.5 Å². The monoisotopic (exact) mass is 582 g/mol. The fourth-order valence-electron chi connectivity index (χ4n) is 1.87. The molecule has 2 aromatic heterocycles. The molecule has 0 fully saturated rings. The van der Waals surface area contributed by atoms with Gasteiger partial charge in [0.05, 0.1) is 0 Å². The lowest BCUT2D eigenvalue weighted by atomic mass is 10.6. The van der Waals surface area contributed by atoms with E-state index in [0.29, 0.717) is 21.6 Å². The first-order valence-corrected chi connectivity index (χ1v) is 12.5. The van der Waals surface area contributed by atoms with Crippen molar-refractivity contribution in [2.24, 2.45) is 0 Å². The van der Waals surface area contributed by atoms with Crippen LogP contribution in [0.15, 0.2) is 34.8 Å². The molecule has 0 bridgehead atoms. The number of nitrogens with zero attached hydrogens (tertiary/aromatic N) is 6. The highest BCUT2D eigenvalue weighted by atomic mass is 33.1. The van der Waals surface area contributed by atoms with Gasteiger partial charge >= 0.3 is 22.1 Å². The molecule has 36 heavy (non-hydrogen) atoms. The molecule has 2 rings (SSSR count). The Hall–Kier alpha value is -3.04. The van der Waals surface area contributed by atoms with Gasteiger partial charge in [0, 0.05) is 28.2 Å². The second-order valence-electron chi connectivity index (χ2n) is 6.70. The number of aromatic nitrogens is 4. The minimum absolute atomic E-state index is 0.177. The third-order valence-electron chi connectivity index (χ3n) is 3.68. The van der Waals surface area contributed by atoms with Crippen molar-refractivity contribution in [3.8, 4) is 11.8 Å². The normalized spacial score (nSPS) is 10.4. The largest absolute Gasteiger partial charge is 0.614 e. The van der Waals surface area contributed by atoms with Crippen molar-refractivity contribution < 1.29 is 38.1 Å². The maximum absolute atomic E-state index is 12.6. The summed E-state index contributed by atoms with van der Waals surface area (Å²) in [6.45, 7) is -0.819. The number of ether oxygens (including phenoxy) is 2. The molecule has 20 heteroatoms. The molecule has 198 valence electrons. The average Bonchev–Trinajstić information content (AvgIpc) is 2.82. The van der Waals surface area contributed by atoms with Crippen LogP contribution in [-0.4, -0.2) is 61.8 Å². The fraction of sp³-hybridized carbons (Fsp3) is 0.375. The van der Waals surface area contributed by atoms with E-state index in [1.54, 1.807) is 38.0 Å². The van der Waals surface area contributed by atoms with E-state index in [2.05, 4.69) is 11.0 Å². The first-order chi connectivity index (χ1) is 17.0. The summed E-state index contributed by atoms with van der Waals surface area (Å²) in [7, 11) is 7.89. The minimum atomic E-state index is -0.440. The summed E-state index contributed by atoms with van der Waals surface area (Å²) >= 11 is 9.94. The van der Waals surface area contributed by atoms with Crippen LogP contribution in [-0.2, 0) is 9.68 Å². The van der Waals surface area contributed by atoms with Crippen LogP contribution in [0.5, 0.6) is 11.8 Å². The van der Waals surface area contributed by atoms with Crippen molar-refractivity contribution in [2.45, 2.75) is 10.3 Å². The van der Waals surface area contributed by atoms with Gasteiger partial charge in [-0.2, -0.15) is 0 Å². The van der Waals surface area contributed by atoms with E-state index in [1.807, 2.05) is 0 Å². The first kappa shape index (κ1) is 29.2. The Morgan fingerprint density at radius 2 is 1.14 bits per heavy atom. The van der Waals surface area contributed by atoms with Gasteiger partial charge in [0.1, 0.15) is 33.7 Å². The van der Waals surface area contributed by atoms with Gasteiger partial charge in [0.25, 0.3) is 0 Å². The number of nitrogens with one attached hydrogen (secondary N) is 2. The Bertz CT molecular complexity index is 997. The van der Waals surface area contributed by atoms with E-state index < -0.39 is 23.9 Å². The Kier molecular flexibility index (Phi) is 11.3. The van der Waals surface area contributed by atoms with Gasteiger partial charge in [0.2, 0.25) is 13.6 Å². The molecule has 2 aromatic rings. The fourth-order valence-corrected chi connectivity index (χ4v) is 4.01. The zero-order valence-electron chi connectivity index (χ0n) is 19.3. The predicted molar refractivity (Wildman–Crippen MR) is 132 cm³/mol. The highest BCUT2D eigenvalue weighted by Crippen LogP contribution is 2.31. The molecule has 16 nitrogen and oxygen atoms in total. The van der Waals surface area contributed by atoms with E-state index >= 15 is 0 Å². The maximum atomic E-state index is 12.6. The van der Waals surface area contributed by atoms with Crippen LogP contribution in [0.4, 0.5) is 0 Å². The molecule has 0 spiro atoms. The molecule has 2 N–H and O–H groups in total. The van der Waals surface area contributed by atoms with Crippen molar-refractivity contribution in [1.82, 2.24) is 20.8 Å². The van der Waals surface area contributed by atoms with Crippen molar-refractivity contribution in [3.63, 3.8) is 0 Å². The van der Waals surface area contributed by atoms with E-state index in [4.69, 9.17) is 43.6 Å². The van der Waals surface area contributed by atoms with Crippen LogP contribution in [0.3, 0.4) is 0 Å². The Balaban J connectivity index is 2.03. The highest BCUT2D eigenvalue weighted by Gasteiger charge is 2.32. The number of thiocarbonyl (C=S) groups is 2. The molecule has 0 aliphatic carbocycles. The SMILES string of the molecule is CN(C)C(=S)NOCOc1cc[n+]([O-])c(SSc2[n+]([O-])ccc(OCONC(=S)N(C)C)[n+]2[O-])[n+]1[O-]. The molecule has 0 saturated carbocycles. The van der Waals surface area contributed by atoms with Gasteiger partial charge in [-0.1, -0.05) is 9.46 Å². The maximum Gasteiger partial charge on any atom is 0.518 e. The summed E-state index contributed by atoms with van der Waals surface area (Å²) in [5.41, 5.74) is 4.85. The van der Waals surface area contributed by atoms with Gasteiger partial charge in [-0.3, -0.25) is 0 Å². The lowest BCUT2D eigenvalue weighted by Gasteiger charge is -2.15. The molecule has 0 amide bonds. The van der Waals surface area contributed by atoms with Crippen LogP contribution < -0.4 is 39.4 Å². The predicted octanol–water partition coefficient (Wildman–Crippen LogP) is -1.57. The molecule has 0 unspecified atom stereocenters. The lowest BCUT2D eigenvalue weighted by Crippen LogP contribution is -2.47. The highest BCUT2D eigenvalue weighted by molar-refractivity contribution is 8.76. The quantitative estimate of drug-likeness (QED) is 0.0454. The van der Waals surface area contributed by atoms with Crippen LogP contribution >= 0.6 is 46.0 Å². The zero-order valence-corrected chi connectivity index (χ0v) is 22.6. The van der Waals surface area contributed by atoms with Crippen LogP contribution in [0.25, 0.3) is 0 Å². The molecule has 0 aromatic carbocycles. The zero-order chi connectivity index (χ0) is 26.8. The third-order valence-corrected chi connectivity index (χ3v) is 6.80. The molecule has 0 aliphatic heterocycles. The molecule has 0 atom stereocenters. The van der Waals surface area contributed by atoms with Crippen LogP contribution in [0.2, 0.25) is 0 Å². The summed E-state index contributed by atoms with van der Waals surface area (Å²) in [4.78, 5) is 13.1. The second-order valence-corrected chi connectivity index (χ2v) is 9.53. The topological polar surface area (TPSA) is 175 Å². The third kappa shape index (κ3) is 8.27. The molecular weight excluding hydrogens is 560 g/mol. The van der Waals surface area contributed by atoms with Gasteiger partial charge in [-0.15, -0.1) is 9.46 Å². The van der Waals surface area contributed by atoms with Gasteiger partial charge < -0.3 is 40.1 Å². The summed E-state index contributed by atoms with van der Waals surface area (Å²) in [6, 6.07) is 2.24. The van der Waals surface area contributed by atoms with E-state index in [9.17, 15) is 20.8 Å². The van der Waals surface area contributed by atoms with Crippen molar-refractivity contribution in [2.75, 3.05) is 41.8 Å². The average molecular weight is 583 g/mol. The summed E-state index contributed by atoms with van der Waals surface area (Å²) in [6.07, 6.45) is 2.03. The standard InChI is InChI=1S/C16H22N8O8S4/c1-19(2)13(33)17-31-9-29-11-5-7-21(25)15(23(11)27)35-36-16-22(26)8-6-12(24(16)28)30-10-32-18-14(34)20(3)4/h5-8H,9-10H2,1-4H3,(H,17,33)(H,18,34). The number of hydroxylamine groups is 2. The van der Waals surface area contributed by atoms with E-state index in [-0.39, 0.29) is 40.9 Å².